The molecule has 174 valence electrons. The number of rotatable bonds is 8. The smallest absolute Gasteiger partial charge is 0.222 e. The Morgan fingerprint density at radius 2 is 1.90 bits per heavy atom. The van der Waals surface area contributed by atoms with Gasteiger partial charge >= 0.3 is 0 Å². The molecule has 0 bridgehead atoms. The van der Waals surface area contributed by atoms with Crippen LogP contribution in [0.1, 0.15) is 57.1 Å². The Morgan fingerprint density at radius 1 is 1.10 bits per heavy atom. The molecule has 0 saturated carbocycles. The molecule has 7 heteroatoms. The normalized spacial score (nSPS) is 18.6. The van der Waals surface area contributed by atoms with Gasteiger partial charge in [0.15, 0.2) is 5.96 Å². The monoisotopic (exact) mass is 541 g/mol. The number of nitrogens with zero attached hydrogens (tertiary/aromatic N) is 3. The molecule has 1 unspecified atom stereocenters. The van der Waals surface area contributed by atoms with E-state index in [2.05, 4.69) is 53.6 Å². The largest absolute Gasteiger partial charge is 0.357 e. The Kier molecular flexibility index (Phi) is 11.6. The third kappa shape index (κ3) is 8.25. The highest BCUT2D eigenvalue weighted by Gasteiger charge is 2.20. The summed E-state index contributed by atoms with van der Waals surface area (Å²) in [5.74, 6) is 1.20. The first kappa shape index (κ1) is 25.9. The molecule has 31 heavy (non-hydrogen) atoms. The highest BCUT2D eigenvalue weighted by Crippen LogP contribution is 2.20. The van der Waals surface area contributed by atoms with E-state index in [1.165, 1.54) is 17.5 Å². The van der Waals surface area contributed by atoms with Crippen LogP contribution in [0, 0.1) is 0 Å². The van der Waals surface area contributed by atoms with Gasteiger partial charge in [-0.15, -0.1) is 24.0 Å². The molecule has 2 heterocycles. The maximum atomic E-state index is 12.1. The molecule has 2 N–H and O–H groups in total. The number of halogens is 1. The van der Waals surface area contributed by atoms with E-state index in [0.717, 1.165) is 83.9 Å². The van der Waals surface area contributed by atoms with Gasteiger partial charge in [-0.05, 0) is 50.7 Å². The number of hydrogen-bond donors (Lipinski definition) is 2. The average molecular weight is 542 g/mol. The molecule has 2 aliphatic heterocycles. The molecular weight excluding hydrogens is 501 g/mol. The summed E-state index contributed by atoms with van der Waals surface area (Å²) in [6, 6.07) is 9.18. The summed E-state index contributed by atoms with van der Waals surface area (Å²) in [6.45, 7) is 10.7. The van der Waals surface area contributed by atoms with Crippen LogP contribution in [-0.2, 0) is 17.8 Å². The zero-order chi connectivity index (χ0) is 21.2. The molecule has 2 aliphatic rings. The number of benzene rings is 1. The number of nitrogens with one attached hydrogen (secondary N) is 2. The van der Waals surface area contributed by atoms with Crippen LogP contribution >= 0.6 is 24.0 Å². The second kappa shape index (κ2) is 13.9. The molecule has 3 rings (SSSR count). The summed E-state index contributed by atoms with van der Waals surface area (Å²) in [5, 5.41) is 6.80. The predicted molar refractivity (Wildman–Crippen MR) is 139 cm³/mol. The fourth-order valence-electron chi connectivity index (χ4n) is 4.33. The molecule has 1 aromatic carbocycles. The van der Waals surface area contributed by atoms with Gasteiger partial charge in [-0.1, -0.05) is 30.7 Å². The fraction of sp³-hybridized carbons (Fsp3) is 0.667. The van der Waals surface area contributed by atoms with E-state index in [9.17, 15) is 4.79 Å². The molecule has 0 aromatic heterocycles. The predicted octanol–water partition coefficient (Wildman–Crippen LogP) is 3.40. The van der Waals surface area contributed by atoms with E-state index in [0.29, 0.717) is 11.9 Å². The second-order valence-electron chi connectivity index (χ2n) is 8.53. The van der Waals surface area contributed by atoms with Crippen LogP contribution in [-0.4, -0.2) is 67.0 Å². The molecule has 0 spiro atoms. The Balaban J connectivity index is 0.00000341. The van der Waals surface area contributed by atoms with Gasteiger partial charge < -0.3 is 15.5 Å². The lowest BCUT2D eigenvalue weighted by Crippen LogP contribution is -2.42. The van der Waals surface area contributed by atoms with Gasteiger partial charge in [-0.3, -0.25) is 14.7 Å². The van der Waals surface area contributed by atoms with E-state index < -0.39 is 0 Å². The van der Waals surface area contributed by atoms with Crippen molar-refractivity contribution in [3.05, 3.63) is 35.4 Å². The van der Waals surface area contributed by atoms with Crippen LogP contribution < -0.4 is 10.6 Å². The van der Waals surface area contributed by atoms with Crippen molar-refractivity contribution in [2.24, 2.45) is 4.99 Å². The van der Waals surface area contributed by atoms with Crippen LogP contribution in [0.5, 0.6) is 0 Å². The molecule has 1 atom stereocenters. The summed E-state index contributed by atoms with van der Waals surface area (Å²) >= 11 is 0. The van der Waals surface area contributed by atoms with Crippen LogP contribution in [0.2, 0.25) is 0 Å². The fourth-order valence-corrected chi connectivity index (χ4v) is 4.33. The first-order valence-electron chi connectivity index (χ1n) is 11.8. The Hall–Kier alpha value is -1.35. The van der Waals surface area contributed by atoms with Gasteiger partial charge in [0, 0.05) is 51.7 Å². The van der Waals surface area contributed by atoms with Gasteiger partial charge in [0.1, 0.15) is 0 Å². The zero-order valence-electron chi connectivity index (χ0n) is 19.2. The molecular formula is C24H40IN5O. The van der Waals surface area contributed by atoms with Crippen molar-refractivity contribution >= 4 is 35.8 Å². The lowest BCUT2D eigenvalue weighted by atomic mass is 9.99. The van der Waals surface area contributed by atoms with Gasteiger partial charge in [-0.25, -0.2) is 0 Å². The van der Waals surface area contributed by atoms with Crippen LogP contribution in [0.15, 0.2) is 29.3 Å². The van der Waals surface area contributed by atoms with Gasteiger partial charge in [0.25, 0.3) is 0 Å². The summed E-state index contributed by atoms with van der Waals surface area (Å²) in [7, 11) is 0. The van der Waals surface area contributed by atoms with Gasteiger partial charge in [0.05, 0.1) is 6.54 Å². The number of likely N-dealkylation sites (tertiary alicyclic amines) is 1. The topological polar surface area (TPSA) is 60.0 Å². The number of carbonyl (C=O) groups excluding carboxylic acids is 1. The minimum absolute atomic E-state index is 0. The number of hydrogen-bond acceptors (Lipinski definition) is 3. The molecule has 0 radical (unpaired) electrons. The number of guanidine groups is 1. The van der Waals surface area contributed by atoms with E-state index in [1.807, 2.05) is 4.90 Å². The third-order valence-corrected chi connectivity index (χ3v) is 6.21. The zero-order valence-corrected chi connectivity index (χ0v) is 21.6. The molecule has 1 amide bonds. The van der Waals surface area contributed by atoms with E-state index in [1.54, 1.807) is 0 Å². The highest BCUT2D eigenvalue weighted by atomic mass is 127. The SMILES string of the molecule is CCNC(=NCC(C)N1CCc2ccccc2C1)NCCCN1CCCCCC1=O.I. The van der Waals surface area contributed by atoms with Crippen LogP contribution in [0.3, 0.4) is 0 Å². The Labute approximate surface area is 205 Å². The summed E-state index contributed by atoms with van der Waals surface area (Å²) in [4.78, 5) is 21.5. The number of aliphatic imine (C=N–C) groups is 1. The quantitative estimate of drug-likeness (QED) is 0.229. The van der Waals surface area contributed by atoms with Crippen molar-refractivity contribution in [3.8, 4) is 0 Å². The van der Waals surface area contributed by atoms with E-state index in [-0.39, 0.29) is 24.0 Å². The van der Waals surface area contributed by atoms with Crippen LogP contribution in [0.4, 0.5) is 0 Å². The third-order valence-electron chi connectivity index (χ3n) is 6.21. The molecule has 6 nitrogen and oxygen atoms in total. The maximum Gasteiger partial charge on any atom is 0.222 e. The van der Waals surface area contributed by atoms with Crippen molar-refractivity contribution in [2.45, 2.75) is 65.0 Å². The number of carbonyl (C=O) groups is 1. The molecule has 1 aromatic rings. The first-order chi connectivity index (χ1) is 14.7. The summed E-state index contributed by atoms with van der Waals surface area (Å²) < 4.78 is 0. The van der Waals surface area contributed by atoms with Gasteiger partial charge in [0.2, 0.25) is 5.91 Å². The summed E-state index contributed by atoms with van der Waals surface area (Å²) in [5.41, 5.74) is 2.94. The van der Waals surface area contributed by atoms with Crippen LogP contribution in [0.25, 0.3) is 0 Å². The highest BCUT2D eigenvalue weighted by molar-refractivity contribution is 14.0. The maximum absolute atomic E-state index is 12.1. The van der Waals surface area contributed by atoms with E-state index in [4.69, 9.17) is 4.99 Å². The van der Waals surface area contributed by atoms with Crippen molar-refractivity contribution in [1.82, 2.24) is 20.4 Å². The van der Waals surface area contributed by atoms with Crippen molar-refractivity contribution in [2.75, 3.05) is 39.3 Å². The van der Waals surface area contributed by atoms with Crippen molar-refractivity contribution in [3.63, 3.8) is 0 Å². The number of fused-ring (bicyclic) bond motifs is 1. The molecule has 1 saturated heterocycles. The van der Waals surface area contributed by atoms with Crippen molar-refractivity contribution < 1.29 is 4.79 Å². The second-order valence-corrected chi connectivity index (χ2v) is 8.53. The van der Waals surface area contributed by atoms with Gasteiger partial charge in [-0.2, -0.15) is 0 Å². The Bertz CT molecular complexity index is 711. The minimum atomic E-state index is 0. The number of amides is 1. The lowest BCUT2D eigenvalue weighted by molar-refractivity contribution is -0.130. The average Bonchev–Trinajstić information content (AvgIpc) is 2.98. The summed E-state index contributed by atoms with van der Waals surface area (Å²) in [6.07, 6.45) is 6.16. The molecule has 0 aliphatic carbocycles. The van der Waals surface area contributed by atoms with Crippen molar-refractivity contribution in [1.29, 1.82) is 0 Å². The standard InChI is InChI=1S/C24H39N5O.HI/c1-3-25-24(26-14-9-16-28-15-8-4-5-12-23(28)30)27-18-20(2)29-17-13-21-10-6-7-11-22(21)19-29;/h6-7,10-11,20H,3-5,8-9,12-19H2,1-2H3,(H2,25,26,27);1H. The van der Waals surface area contributed by atoms with E-state index >= 15 is 0 Å². The Morgan fingerprint density at radius 3 is 2.71 bits per heavy atom. The minimum Gasteiger partial charge on any atom is -0.357 e. The lowest BCUT2D eigenvalue weighted by Gasteiger charge is -2.33. The molecule has 1 fully saturated rings. The first-order valence-corrected chi connectivity index (χ1v) is 11.8.